The van der Waals surface area contributed by atoms with Gasteiger partial charge in [-0.2, -0.15) is 5.10 Å². The zero-order valence-electron chi connectivity index (χ0n) is 8.15. The second-order valence-corrected chi connectivity index (χ2v) is 3.13. The molecular formula is C9H10N4O2. The van der Waals surface area contributed by atoms with Crippen LogP contribution in [0.15, 0.2) is 22.9 Å². The second kappa shape index (κ2) is 3.95. The normalized spacial score (nSPS) is 10.2. The Labute approximate surface area is 85.7 Å². The van der Waals surface area contributed by atoms with E-state index in [1.807, 2.05) is 0 Å². The van der Waals surface area contributed by atoms with Gasteiger partial charge in [-0.25, -0.2) is 0 Å². The third-order valence-corrected chi connectivity index (χ3v) is 1.80. The first-order valence-corrected chi connectivity index (χ1v) is 4.45. The Balaban J connectivity index is 1.93. The molecule has 0 spiro atoms. The van der Waals surface area contributed by atoms with E-state index in [0.29, 0.717) is 11.6 Å². The van der Waals surface area contributed by atoms with Crippen LogP contribution in [0.2, 0.25) is 0 Å². The van der Waals surface area contributed by atoms with Crippen LogP contribution >= 0.6 is 0 Å². The maximum absolute atomic E-state index is 11.4. The van der Waals surface area contributed by atoms with Crippen LogP contribution < -0.4 is 5.32 Å². The van der Waals surface area contributed by atoms with Crippen LogP contribution in [-0.4, -0.2) is 21.3 Å². The molecule has 0 aliphatic carbocycles. The van der Waals surface area contributed by atoms with E-state index in [9.17, 15) is 4.79 Å². The molecule has 1 amide bonds. The molecule has 0 saturated carbocycles. The summed E-state index contributed by atoms with van der Waals surface area (Å²) in [7, 11) is 0. The number of aryl methyl sites for hydroxylation is 1. The molecule has 0 aromatic carbocycles. The first-order valence-electron chi connectivity index (χ1n) is 4.45. The highest BCUT2D eigenvalue weighted by Crippen LogP contribution is 2.07. The van der Waals surface area contributed by atoms with Gasteiger partial charge in [-0.15, -0.1) is 0 Å². The van der Waals surface area contributed by atoms with Crippen molar-refractivity contribution >= 4 is 11.7 Å². The van der Waals surface area contributed by atoms with Gasteiger partial charge in [0.25, 0.3) is 0 Å². The molecule has 2 rings (SSSR count). The lowest BCUT2D eigenvalue weighted by Gasteiger charge is -1.98. The quantitative estimate of drug-likeness (QED) is 0.781. The van der Waals surface area contributed by atoms with Gasteiger partial charge in [0, 0.05) is 18.0 Å². The van der Waals surface area contributed by atoms with E-state index in [1.165, 1.54) is 0 Å². The van der Waals surface area contributed by atoms with E-state index in [2.05, 4.69) is 20.7 Å². The molecule has 2 heterocycles. The predicted octanol–water partition coefficient (Wildman–Crippen LogP) is 0.887. The molecule has 15 heavy (non-hydrogen) atoms. The van der Waals surface area contributed by atoms with Crippen LogP contribution in [0.3, 0.4) is 0 Å². The maximum Gasteiger partial charge on any atom is 0.231 e. The van der Waals surface area contributed by atoms with Crippen molar-refractivity contribution in [2.75, 3.05) is 5.32 Å². The molecule has 2 aromatic rings. The fourth-order valence-corrected chi connectivity index (χ4v) is 1.17. The number of carbonyl (C=O) groups is 1. The third-order valence-electron chi connectivity index (χ3n) is 1.80. The summed E-state index contributed by atoms with van der Waals surface area (Å²) in [5.41, 5.74) is 0.757. The van der Waals surface area contributed by atoms with Crippen molar-refractivity contribution < 1.29 is 9.32 Å². The lowest BCUT2D eigenvalue weighted by Crippen LogP contribution is -2.14. The van der Waals surface area contributed by atoms with Crippen molar-refractivity contribution in [3.8, 4) is 0 Å². The van der Waals surface area contributed by atoms with Crippen LogP contribution in [0.1, 0.15) is 11.5 Å². The summed E-state index contributed by atoms with van der Waals surface area (Å²) in [5.74, 6) is 0.927. The van der Waals surface area contributed by atoms with Crippen LogP contribution in [0.4, 0.5) is 5.82 Å². The van der Waals surface area contributed by atoms with Gasteiger partial charge >= 0.3 is 0 Å². The van der Waals surface area contributed by atoms with E-state index >= 15 is 0 Å². The molecule has 0 fully saturated rings. The highest BCUT2D eigenvalue weighted by molar-refractivity contribution is 5.91. The molecule has 2 N–H and O–H groups in total. The van der Waals surface area contributed by atoms with E-state index in [4.69, 9.17) is 4.52 Å². The summed E-state index contributed by atoms with van der Waals surface area (Å²) in [5, 5.41) is 12.7. The minimum absolute atomic E-state index is 0.160. The third kappa shape index (κ3) is 2.43. The maximum atomic E-state index is 11.4. The summed E-state index contributed by atoms with van der Waals surface area (Å²) in [6, 6.07) is 3.40. The van der Waals surface area contributed by atoms with Crippen molar-refractivity contribution in [2.45, 2.75) is 13.3 Å². The van der Waals surface area contributed by atoms with Gasteiger partial charge in [0.15, 0.2) is 5.82 Å². The lowest BCUT2D eigenvalue weighted by molar-refractivity contribution is -0.115. The van der Waals surface area contributed by atoms with Crippen LogP contribution in [0.5, 0.6) is 0 Å². The summed E-state index contributed by atoms with van der Waals surface area (Å²) < 4.78 is 4.82. The molecule has 0 unspecified atom stereocenters. The number of amides is 1. The first-order chi connectivity index (χ1) is 7.24. The summed E-state index contributed by atoms with van der Waals surface area (Å²) in [4.78, 5) is 11.4. The molecule has 78 valence electrons. The average molecular weight is 206 g/mol. The zero-order valence-corrected chi connectivity index (χ0v) is 8.15. The Hall–Kier alpha value is -2.11. The fourth-order valence-electron chi connectivity index (χ4n) is 1.17. The molecule has 0 saturated heterocycles. The fraction of sp³-hybridized carbons (Fsp3) is 0.222. The number of aromatic nitrogens is 3. The SMILES string of the molecule is Cc1cc(NC(=O)Cc2ccn[nH]2)no1. The number of nitrogens with zero attached hydrogens (tertiary/aromatic N) is 2. The van der Waals surface area contributed by atoms with Crippen molar-refractivity contribution in [3.63, 3.8) is 0 Å². The van der Waals surface area contributed by atoms with Crippen molar-refractivity contribution in [3.05, 3.63) is 29.8 Å². The number of hydrogen-bond acceptors (Lipinski definition) is 4. The van der Waals surface area contributed by atoms with Crippen LogP contribution in [0.25, 0.3) is 0 Å². The summed E-state index contributed by atoms with van der Waals surface area (Å²) >= 11 is 0. The first kappa shape index (κ1) is 9.45. The standard InChI is InChI=1S/C9H10N4O2/c1-6-4-8(13-15-6)11-9(14)5-7-2-3-10-12-7/h2-4H,5H2,1H3,(H,10,12)(H,11,13,14). The number of hydrogen-bond donors (Lipinski definition) is 2. The smallest absolute Gasteiger partial charge is 0.231 e. The Kier molecular flexibility index (Phi) is 2.49. The molecule has 0 radical (unpaired) electrons. The molecule has 0 bridgehead atoms. The Morgan fingerprint density at radius 1 is 1.67 bits per heavy atom. The van der Waals surface area contributed by atoms with Gasteiger partial charge in [-0.05, 0) is 13.0 Å². The molecule has 0 aliphatic rings. The number of rotatable bonds is 3. The summed E-state index contributed by atoms with van der Waals surface area (Å²) in [6.45, 7) is 1.76. The number of H-pyrrole nitrogens is 1. The Bertz CT molecular complexity index is 446. The van der Waals surface area contributed by atoms with E-state index in [1.54, 1.807) is 25.3 Å². The van der Waals surface area contributed by atoms with Crippen molar-refractivity contribution in [1.82, 2.24) is 15.4 Å². The topological polar surface area (TPSA) is 83.8 Å². The number of aromatic amines is 1. The lowest BCUT2D eigenvalue weighted by atomic mass is 10.3. The molecule has 0 aliphatic heterocycles. The Morgan fingerprint density at radius 3 is 3.13 bits per heavy atom. The van der Waals surface area contributed by atoms with Gasteiger partial charge in [-0.1, -0.05) is 5.16 Å². The molecular weight excluding hydrogens is 196 g/mol. The molecule has 6 heteroatoms. The predicted molar refractivity (Wildman–Crippen MR) is 52.2 cm³/mol. The highest BCUT2D eigenvalue weighted by Gasteiger charge is 2.07. The van der Waals surface area contributed by atoms with Gasteiger partial charge in [-0.3, -0.25) is 9.89 Å². The monoisotopic (exact) mass is 206 g/mol. The Morgan fingerprint density at radius 2 is 2.53 bits per heavy atom. The van der Waals surface area contributed by atoms with Crippen molar-refractivity contribution in [2.24, 2.45) is 0 Å². The summed E-state index contributed by atoms with van der Waals surface area (Å²) in [6.07, 6.45) is 1.84. The zero-order chi connectivity index (χ0) is 10.7. The minimum atomic E-state index is -0.160. The molecule has 2 aromatic heterocycles. The van der Waals surface area contributed by atoms with Crippen LogP contribution in [-0.2, 0) is 11.2 Å². The van der Waals surface area contributed by atoms with Gasteiger partial charge in [0.1, 0.15) is 5.76 Å². The van der Waals surface area contributed by atoms with Gasteiger partial charge in [0.05, 0.1) is 6.42 Å². The van der Waals surface area contributed by atoms with E-state index in [-0.39, 0.29) is 12.3 Å². The van der Waals surface area contributed by atoms with Crippen LogP contribution in [0, 0.1) is 6.92 Å². The average Bonchev–Trinajstić information content (AvgIpc) is 2.77. The van der Waals surface area contributed by atoms with Crippen molar-refractivity contribution in [1.29, 1.82) is 0 Å². The van der Waals surface area contributed by atoms with Gasteiger partial charge < -0.3 is 9.84 Å². The largest absolute Gasteiger partial charge is 0.360 e. The van der Waals surface area contributed by atoms with E-state index in [0.717, 1.165) is 5.69 Å². The van der Waals surface area contributed by atoms with E-state index < -0.39 is 0 Å². The highest BCUT2D eigenvalue weighted by atomic mass is 16.5. The molecule has 6 nitrogen and oxygen atoms in total. The number of carbonyl (C=O) groups excluding carboxylic acids is 1. The number of nitrogens with one attached hydrogen (secondary N) is 2. The second-order valence-electron chi connectivity index (χ2n) is 3.13. The van der Waals surface area contributed by atoms with Gasteiger partial charge in [0.2, 0.25) is 5.91 Å². The molecule has 0 atom stereocenters. The minimum Gasteiger partial charge on any atom is -0.360 e. The number of anilines is 1.